The van der Waals surface area contributed by atoms with Gasteiger partial charge in [-0.3, -0.25) is 4.79 Å². The maximum atomic E-state index is 12.0. The van der Waals surface area contributed by atoms with Crippen molar-refractivity contribution in [3.05, 3.63) is 33.8 Å². The number of hydrazone groups is 1. The first-order valence-electron chi connectivity index (χ1n) is 7.52. The lowest BCUT2D eigenvalue weighted by Crippen LogP contribution is -2.37. The molecule has 1 aromatic rings. The van der Waals surface area contributed by atoms with Crippen molar-refractivity contribution >= 4 is 34.8 Å². The summed E-state index contributed by atoms with van der Waals surface area (Å²) in [6.07, 6.45) is 3.05. The van der Waals surface area contributed by atoms with Gasteiger partial charge in [-0.15, -0.1) is 0 Å². The number of aliphatic hydroxyl groups excluding tert-OH is 1. The standard InChI is InChI=1S/C16H20Cl2N2O2/c1-2-3-4-12(21)10-20-16(22)8-7-15(19-20)11-5-6-13(17)14(18)9-11/h5-6,9,12,21H,2-4,7-8,10H2,1H3. The molecule has 0 aromatic heterocycles. The highest BCUT2D eigenvalue weighted by atomic mass is 35.5. The van der Waals surface area contributed by atoms with Crippen LogP contribution in [0.2, 0.25) is 10.0 Å². The molecule has 1 amide bonds. The van der Waals surface area contributed by atoms with Crippen LogP contribution in [0.4, 0.5) is 0 Å². The van der Waals surface area contributed by atoms with Gasteiger partial charge in [0.1, 0.15) is 0 Å². The number of aliphatic hydroxyl groups is 1. The Bertz CT molecular complexity index is 575. The smallest absolute Gasteiger partial charge is 0.243 e. The van der Waals surface area contributed by atoms with Gasteiger partial charge in [0.25, 0.3) is 0 Å². The van der Waals surface area contributed by atoms with E-state index >= 15 is 0 Å². The Hall–Kier alpha value is -1.10. The predicted octanol–water partition coefficient (Wildman–Crippen LogP) is 3.87. The van der Waals surface area contributed by atoms with Gasteiger partial charge in [-0.1, -0.05) is 49.0 Å². The molecule has 2 rings (SSSR count). The van der Waals surface area contributed by atoms with Crippen LogP contribution in [-0.4, -0.2) is 34.4 Å². The van der Waals surface area contributed by atoms with E-state index in [1.165, 1.54) is 5.01 Å². The van der Waals surface area contributed by atoms with E-state index in [0.29, 0.717) is 29.3 Å². The highest BCUT2D eigenvalue weighted by Gasteiger charge is 2.23. The van der Waals surface area contributed by atoms with Crippen LogP contribution in [-0.2, 0) is 4.79 Å². The topological polar surface area (TPSA) is 52.9 Å². The van der Waals surface area contributed by atoms with Gasteiger partial charge in [-0.25, -0.2) is 5.01 Å². The molecule has 1 aliphatic rings. The number of benzene rings is 1. The Morgan fingerprint density at radius 1 is 1.32 bits per heavy atom. The molecule has 120 valence electrons. The monoisotopic (exact) mass is 342 g/mol. The van der Waals surface area contributed by atoms with Crippen molar-refractivity contribution in [2.45, 2.75) is 45.1 Å². The third kappa shape index (κ3) is 4.45. The summed E-state index contributed by atoms with van der Waals surface area (Å²) in [6.45, 7) is 2.31. The van der Waals surface area contributed by atoms with Crippen molar-refractivity contribution in [3.8, 4) is 0 Å². The predicted molar refractivity (Wildman–Crippen MR) is 89.5 cm³/mol. The number of nitrogens with zero attached hydrogens (tertiary/aromatic N) is 2. The Morgan fingerprint density at radius 3 is 2.77 bits per heavy atom. The first-order valence-corrected chi connectivity index (χ1v) is 8.28. The minimum atomic E-state index is -0.541. The van der Waals surface area contributed by atoms with Gasteiger partial charge in [-0.2, -0.15) is 5.10 Å². The summed E-state index contributed by atoms with van der Waals surface area (Å²) in [6, 6.07) is 5.32. The molecule has 1 N–H and O–H groups in total. The van der Waals surface area contributed by atoms with Crippen LogP contribution in [0.25, 0.3) is 0 Å². The number of carbonyl (C=O) groups excluding carboxylic acids is 1. The number of unbranched alkanes of at least 4 members (excludes halogenated alkanes) is 1. The lowest BCUT2D eigenvalue weighted by Gasteiger charge is -2.25. The zero-order chi connectivity index (χ0) is 16.1. The van der Waals surface area contributed by atoms with E-state index < -0.39 is 6.10 Å². The summed E-state index contributed by atoms with van der Waals surface area (Å²) in [5.41, 5.74) is 1.65. The van der Waals surface area contributed by atoms with E-state index in [4.69, 9.17) is 23.2 Å². The highest BCUT2D eigenvalue weighted by molar-refractivity contribution is 6.42. The second kappa shape index (κ2) is 7.95. The van der Waals surface area contributed by atoms with Crippen LogP contribution in [0.3, 0.4) is 0 Å². The van der Waals surface area contributed by atoms with Gasteiger partial charge in [0.15, 0.2) is 0 Å². The number of halogens is 2. The molecule has 1 heterocycles. The molecule has 1 unspecified atom stereocenters. The summed E-state index contributed by atoms with van der Waals surface area (Å²) in [7, 11) is 0. The van der Waals surface area contributed by atoms with E-state index in [2.05, 4.69) is 12.0 Å². The molecule has 1 aliphatic heterocycles. The first kappa shape index (κ1) is 17.3. The maximum absolute atomic E-state index is 12.0. The van der Waals surface area contributed by atoms with Gasteiger partial charge in [0, 0.05) is 12.8 Å². The molecule has 0 bridgehead atoms. The van der Waals surface area contributed by atoms with Gasteiger partial charge in [0.2, 0.25) is 5.91 Å². The summed E-state index contributed by atoms with van der Waals surface area (Å²) >= 11 is 12.0. The largest absolute Gasteiger partial charge is 0.391 e. The normalized spacial score (nSPS) is 16.6. The third-order valence-corrected chi connectivity index (χ3v) is 4.37. The van der Waals surface area contributed by atoms with Crippen molar-refractivity contribution < 1.29 is 9.90 Å². The molecule has 0 saturated heterocycles. The van der Waals surface area contributed by atoms with Crippen molar-refractivity contribution in [1.82, 2.24) is 5.01 Å². The van der Waals surface area contributed by atoms with Crippen LogP contribution in [0, 0.1) is 0 Å². The second-order valence-electron chi connectivity index (χ2n) is 5.45. The Kier molecular flexibility index (Phi) is 6.24. The molecule has 0 aliphatic carbocycles. The third-order valence-electron chi connectivity index (χ3n) is 3.63. The highest BCUT2D eigenvalue weighted by Crippen LogP contribution is 2.25. The molecule has 4 nitrogen and oxygen atoms in total. The fraction of sp³-hybridized carbons (Fsp3) is 0.500. The lowest BCUT2D eigenvalue weighted by atomic mass is 10.0. The molecule has 1 atom stereocenters. The number of rotatable bonds is 6. The fourth-order valence-corrected chi connectivity index (χ4v) is 2.65. The zero-order valence-corrected chi connectivity index (χ0v) is 14.1. The Morgan fingerprint density at radius 2 is 2.09 bits per heavy atom. The summed E-state index contributed by atoms with van der Waals surface area (Å²) in [5.74, 6) is -0.0561. The summed E-state index contributed by atoms with van der Waals surface area (Å²) in [4.78, 5) is 12.0. The van der Waals surface area contributed by atoms with Crippen LogP contribution in [0.1, 0.15) is 44.6 Å². The molecule has 0 fully saturated rings. The number of amides is 1. The second-order valence-corrected chi connectivity index (χ2v) is 6.26. The van der Waals surface area contributed by atoms with Gasteiger partial charge < -0.3 is 5.11 Å². The van der Waals surface area contributed by atoms with E-state index in [9.17, 15) is 9.90 Å². The average Bonchev–Trinajstić information content (AvgIpc) is 2.50. The van der Waals surface area contributed by atoms with Crippen molar-refractivity contribution in [3.63, 3.8) is 0 Å². The van der Waals surface area contributed by atoms with E-state index in [0.717, 1.165) is 24.1 Å². The molecular formula is C16H20Cl2N2O2. The van der Waals surface area contributed by atoms with Crippen LogP contribution in [0.15, 0.2) is 23.3 Å². The first-order chi connectivity index (χ1) is 10.5. The lowest BCUT2D eigenvalue weighted by molar-refractivity contribution is -0.133. The number of hydrogen-bond acceptors (Lipinski definition) is 3. The van der Waals surface area contributed by atoms with Crippen molar-refractivity contribution in [2.75, 3.05) is 6.54 Å². The number of β-amino-alcohol motifs (C(OH)–C–C–N with tert-alkyl or cyclic N) is 1. The molecule has 0 radical (unpaired) electrons. The van der Waals surface area contributed by atoms with Gasteiger partial charge in [-0.05, 0) is 24.1 Å². The van der Waals surface area contributed by atoms with Crippen LogP contribution in [0.5, 0.6) is 0 Å². The van der Waals surface area contributed by atoms with E-state index in [1.54, 1.807) is 12.1 Å². The summed E-state index contributed by atoms with van der Waals surface area (Å²) < 4.78 is 0. The number of hydrogen-bond donors (Lipinski definition) is 1. The SMILES string of the molecule is CCCCC(O)CN1N=C(c2ccc(Cl)c(Cl)c2)CCC1=O. The average molecular weight is 343 g/mol. The van der Waals surface area contributed by atoms with E-state index in [1.807, 2.05) is 6.07 Å². The molecule has 0 saturated carbocycles. The fourth-order valence-electron chi connectivity index (χ4n) is 2.36. The Labute approximate surface area is 140 Å². The van der Waals surface area contributed by atoms with Crippen LogP contribution < -0.4 is 0 Å². The minimum absolute atomic E-state index is 0.0561. The van der Waals surface area contributed by atoms with Crippen molar-refractivity contribution in [2.24, 2.45) is 5.10 Å². The molecule has 0 spiro atoms. The van der Waals surface area contributed by atoms with Gasteiger partial charge in [0.05, 0.1) is 28.4 Å². The van der Waals surface area contributed by atoms with Crippen LogP contribution >= 0.6 is 23.2 Å². The molecule has 22 heavy (non-hydrogen) atoms. The minimum Gasteiger partial charge on any atom is -0.391 e. The number of carbonyl (C=O) groups is 1. The molecule has 6 heteroatoms. The Balaban J connectivity index is 2.13. The van der Waals surface area contributed by atoms with Crippen molar-refractivity contribution in [1.29, 1.82) is 0 Å². The molecule has 1 aromatic carbocycles. The van der Waals surface area contributed by atoms with Gasteiger partial charge >= 0.3 is 0 Å². The molecular weight excluding hydrogens is 323 g/mol. The summed E-state index contributed by atoms with van der Waals surface area (Å²) in [5, 5.41) is 16.7. The van der Waals surface area contributed by atoms with E-state index in [-0.39, 0.29) is 12.5 Å². The maximum Gasteiger partial charge on any atom is 0.243 e. The zero-order valence-electron chi connectivity index (χ0n) is 12.6. The quantitative estimate of drug-likeness (QED) is 0.852.